The van der Waals surface area contributed by atoms with Crippen LogP contribution in [-0.4, -0.2) is 414 Å². The highest BCUT2D eigenvalue weighted by molar-refractivity contribution is 5.84. The summed E-state index contributed by atoms with van der Waals surface area (Å²) in [4.78, 5) is 53.3. The van der Waals surface area contributed by atoms with Gasteiger partial charge in [-0.2, -0.15) is 0 Å². The van der Waals surface area contributed by atoms with Crippen molar-refractivity contribution in [1.82, 2.24) is 26.2 Å². The number of unbranched alkanes of at least 4 members (excludes halogenated alkanes) is 2. The van der Waals surface area contributed by atoms with E-state index >= 15 is 0 Å². The molecule has 6 aliphatic heterocycles. The molecule has 0 aliphatic carbocycles. The summed E-state index contributed by atoms with van der Waals surface area (Å²) in [6.45, 7) is -6.19. The molecular formula is C54H95N5O36. The molecule has 6 heterocycles. The lowest BCUT2D eigenvalue weighted by molar-refractivity contribution is -0.366. The third kappa shape index (κ3) is 21.8. The van der Waals surface area contributed by atoms with E-state index in [1.165, 1.54) is 0 Å². The molecule has 0 aromatic carbocycles. The average molecular weight is 1390 g/mol. The average Bonchev–Trinajstić information content (AvgIpc) is 0.978. The third-order valence-corrected chi connectivity index (χ3v) is 16.4. The molecule has 41 heteroatoms. The van der Waals surface area contributed by atoms with E-state index in [2.05, 4.69) is 21.3 Å². The monoisotopic (exact) mass is 1390 g/mol. The number of nitrogens with zero attached hydrogens (tertiary/aromatic N) is 1. The SMILES string of the molecule is CCNC(=O)CCCCCNC(=O)CN(CC(=O)NCCO[C@@H]1O[C@H](CO[C@H]2O[C@H](CO)[C@H](O)[C@H](O)[C@@H]2O)[C@@H](O)[C@H](O[C@H]2O[C@H](CO)[C@@H](O)[C@H](O)[C@@H]2O)[C@H]1O)CC(=O)NCCO[C@@H]1O[C@H](CO[C@H]2O[C@H](CO)[C@@H](O)[C@H](O)[C@@H]2O)[C@@H](O)[C@H](O[C@H]2O[C@H](CO)[C@@H](O)[C@H](O)[C@@H]2O)[C@H]1O. The van der Waals surface area contributed by atoms with Crippen molar-refractivity contribution >= 4 is 23.6 Å². The van der Waals surface area contributed by atoms with Gasteiger partial charge in [0.05, 0.1) is 72.5 Å². The van der Waals surface area contributed by atoms with Crippen molar-refractivity contribution in [1.29, 1.82) is 0 Å². The Morgan fingerprint density at radius 1 is 0.337 bits per heavy atom. The zero-order valence-electron chi connectivity index (χ0n) is 51.7. The molecule has 0 aromatic heterocycles. The topological polar surface area (TPSA) is 635 Å². The quantitative estimate of drug-likeness (QED) is 0.0262. The van der Waals surface area contributed by atoms with Crippen molar-refractivity contribution in [2.24, 2.45) is 0 Å². The highest BCUT2D eigenvalue weighted by Crippen LogP contribution is 2.34. The molecule has 0 unspecified atom stereocenters. The van der Waals surface area contributed by atoms with Gasteiger partial charge in [-0.15, -0.1) is 0 Å². The zero-order valence-corrected chi connectivity index (χ0v) is 51.7. The number of amides is 4. The van der Waals surface area contributed by atoms with E-state index in [1.54, 1.807) is 6.92 Å². The summed E-state index contributed by atoms with van der Waals surface area (Å²) < 4.78 is 67.1. The Labute approximate surface area is 542 Å². The number of ether oxygens (including phenoxy) is 12. The number of rotatable bonds is 35. The lowest BCUT2D eigenvalue weighted by Gasteiger charge is -2.46. The normalized spacial score (nSPS) is 40.9. The number of aliphatic hydroxyl groups excluding tert-OH is 20. The van der Waals surface area contributed by atoms with Gasteiger partial charge in [-0.3, -0.25) is 24.1 Å². The van der Waals surface area contributed by atoms with Crippen LogP contribution in [0.1, 0.15) is 32.6 Å². The molecule has 24 N–H and O–H groups in total. The predicted molar refractivity (Wildman–Crippen MR) is 303 cm³/mol. The minimum Gasteiger partial charge on any atom is -0.394 e. The minimum atomic E-state index is -2.03. The van der Waals surface area contributed by atoms with Crippen LogP contribution in [0.5, 0.6) is 0 Å². The first kappa shape index (κ1) is 80.5. The molecule has 6 aliphatic rings. The van der Waals surface area contributed by atoms with E-state index in [0.29, 0.717) is 25.8 Å². The highest BCUT2D eigenvalue weighted by Gasteiger charge is 2.55. The van der Waals surface area contributed by atoms with E-state index in [9.17, 15) is 121 Å². The summed E-state index contributed by atoms with van der Waals surface area (Å²) in [7, 11) is 0. The maximum absolute atomic E-state index is 13.5. The van der Waals surface area contributed by atoms with Gasteiger partial charge in [-0.25, -0.2) is 0 Å². The molecule has 0 spiro atoms. The second-order valence-corrected chi connectivity index (χ2v) is 23.4. The summed E-state index contributed by atoms with van der Waals surface area (Å²) in [5.74, 6) is -2.39. The molecule has 95 heavy (non-hydrogen) atoms. The van der Waals surface area contributed by atoms with Gasteiger partial charge < -0.3 is 180 Å². The van der Waals surface area contributed by atoms with Crippen LogP contribution in [0, 0.1) is 0 Å². The second-order valence-electron chi connectivity index (χ2n) is 23.4. The fraction of sp³-hybridized carbons (Fsp3) is 0.926. The minimum absolute atomic E-state index is 0.137. The van der Waals surface area contributed by atoms with Crippen molar-refractivity contribution < 1.29 is 178 Å². The Bertz CT molecular complexity index is 2170. The zero-order chi connectivity index (χ0) is 70.0. The van der Waals surface area contributed by atoms with E-state index < -0.39 is 274 Å². The third-order valence-electron chi connectivity index (χ3n) is 16.4. The molecule has 41 nitrogen and oxygen atoms in total. The maximum Gasteiger partial charge on any atom is 0.234 e. The summed E-state index contributed by atoms with van der Waals surface area (Å²) in [6, 6.07) is 0. The van der Waals surface area contributed by atoms with Crippen molar-refractivity contribution in [2.45, 2.75) is 217 Å². The van der Waals surface area contributed by atoms with Gasteiger partial charge in [0.15, 0.2) is 37.7 Å². The number of carbonyl (C=O) groups excluding carboxylic acids is 4. The summed E-state index contributed by atoms with van der Waals surface area (Å²) in [6.07, 6.45) is -52.7. The first-order valence-electron chi connectivity index (χ1n) is 31.0. The van der Waals surface area contributed by atoms with E-state index in [0.717, 1.165) is 4.90 Å². The number of hydrogen-bond donors (Lipinski definition) is 24. The maximum atomic E-state index is 13.5. The summed E-state index contributed by atoms with van der Waals surface area (Å²) >= 11 is 0. The van der Waals surface area contributed by atoms with Crippen LogP contribution in [0.4, 0.5) is 0 Å². The van der Waals surface area contributed by atoms with Gasteiger partial charge in [-0.1, -0.05) is 6.42 Å². The Morgan fingerprint density at radius 3 is 1.00 bits per heavy atom. The van der Waals surface area contributed by atoms with E-state index in [4.69, 9.17) is 56.8 Å². The Balaban J connectivity index is 1.08. The highest BCUT2D eigenvalue weighted by atomic mass is 16.8. The standard InChI is InChI=1S/C54H95N5O36/c1-2-55-27(64)6-4-3-5-7-56-28(65)12-59(13-29(66)57-8-10-84-51-45(82)47(94-53-43(80)39(76)33(70)23(17-62)90-53)35(72)25(92-51)19-86-49-41(78)37(74)31(68)21(15-60)88-49)14-30(67)58-9-11-85-52-46(83)48(95-54-44(81)40(77)34(71)24(18-63)91-54)36(73)26(93-52)20-87-50-42(79)38(75)32(69)22(16-61)89-50/h21-26,31-54,60-63,68-83H,2-20H2,1H3,(H,55,64)(H,56,65)(H,57,66)(H,58,67)/t21-,22-,23-,24-,25-,26-,31-,32+,33-,34-,35-,36-,37+,38+,39+,40+,41+,42+,43+,44+,45-,46-,47+,48+,49+,50+,51-,52-,53-,54-/m1/s1. The van der Waals surface area contributed by atoms with Crippen LogP contribution >= 0.6 is 0 Å². The molecule has 552 valence electrons. The van der Waals surface area contributed by atoms with Crippen molar-refractivity contribution in [2.75, 3.05) is 98.7 Å². The molecule has 0 radical (unpaired) electrons. The molecule has 6 rings (SSSR count). The number of hydrogen-bond acceptors (Lipinski definition) is 37. The van der Waals surface area contributed by atoms with Gasteiger partial charge in [0.2, 0.25) is 23.6 Å². The number of nitrogens with one attached hydrogen (secondary N) is 4. The predicted octanol–water partition coefficient (Wildman–Crippen LogP) is -15.7. The first-order chi connectivity index (χ1) is 45.2. The Kier molecular flexibility index (Phi) is 33.0. The Hall–Kier alpha value is -3.44. The fourth-order valence-corrected chi connectivity index (χ4v) is 10.9. The van der Waals surface area contributed by atoms with Crippen molar-refractivity contribution in [3.8, 4) is 0 Å². The van der Waals surface area contributed by atoms with Crippen molar-refractivity contribution in [3.63, 3.8) is 0 Å². The van der Waals surface area contributed by atoms with Crippen LogP contribution in [0.3, 0.4) is 0 Å². The molecule has 4 amide bonds. The van der Waals surface area contributed by atoms with Gasteiger partial charge in [0.1, 0.15) is 146 Å². The van der Waals surface area contributed by atoms with Crippen LogP contribution < -0.4 is 21.3 Å². The summed E-state index contributed by atoms with van der Waals surface area (Å²) in [5, 5.41) is 220. The van der Waals surface area contributed by atoms with Crippen LogP contribution in [0.25, 0.3) is 0 Å². The Morgan fingerprint density at radius 2 is 0.653 bits per heavy atom. The molecule has 0 saturated carbocycles. The van der Waals surface area contributed by atoms with E-state index in [-0.39, 0.29) is 32.0 Å². The van der Waals surface area contributed by atoms with Gasteiger partial charge in [0, 0.05) is 32.6 Å². The van der Waals surface area contributed by atoms with E-state index in [1.807, 2.05) is 0 Å². The fourth-order valence-electron chi connectivity index (χ4n) is 10.9. The molecule has 0 aromatic rings. The number of aliphatic hydroxyl groups is 20. The van der Waals surface area contributed by atoms with Gasteiger partial charge in [0.25, 0.3) is 0 Å². The lowest BCUT2D eigenvalue weighted by Crippen LogP contribution is -2.65. The largest absolute Gasteiger partial charge is 0.394 e. The summed E-state index contributed by atoms with van der Waals surface area (Å²) in [5.41, 5.74) is 0. The van der Waals surface area contributed by atoms with Crippen LogP contribution in [0.15, 0.2) is 0 Å². The van der Waals surface area contributed by atoms with Gasteiger partial charge in [-0.05, 0) is 19.8 Å². The molecule has 6 saturated heterocycles. The molecule has 6 fully saturated rings. The lowest BCUT2D eigenvalue weighted by atomic mass is 9.96. The van der Waals surface area contributed by atoms with Crippen LogP contribution in [-0.2, 0) is 76.0 Å². The second kappa shape index (κ2) is 39.0. The smallest absolute Gasteiger partial charge is 0.234 e. The van der Waals surface area contributed by atoms with Gasteiger partial charge >= 0.3 is 0 Å². The molecule has 0 bridgehead atoms. The first-order valence-corrected chi connectivity index (χ1v) is 31.0. The molecule has 30 atom stereocenters. The van der Waals surface area contributed by atoms with Crippen LogP contribution in [0.2, 0.25) is 0 Å². The number of carbonyl (C=O) groups is 4. The molecular weight excluding hydrogens is 1290 g/mol. The van der Waals surface area contributed by atoms with Crippen molar-refractivity contribution in [3.05, 3.63) is 0 Å².